The van der Waals surface area contributed by atoms with Crippen LogP contribution in [0, 0.1) is 0 Å². The summed E-state index contributed by atoms with van der Waals surface area (Å²) in [6.07, 6.45) is 0. The Labute approximate surface area is 182 Å². The summed E-state index contributed by atoms with van der Waals surface area (Å²) in [6.45, 7) is 6.36. The van der Waals surface area contributed by atoms with Gasteiger partial charge in [-0.05, 0) is 43.3 Å². The number of methoxy groups -OCH3 is 1. The minimum atomic E-state index is -3.82. The molecule has 0 unspecified atom stereocenters. The van der Waals surface area contributed by atoms with Gasteiger partial charge in [0.15, 0.2) is 0 Å². The van der Waals surface area contributed by atoms with Crippen molar-refractivity contribution in [3.8, 4) is 5.75 Å². The summed E-state index contributed by atoms with van der Waals surface area (Å²) in [5.41, 5.74) is 1.11. The summed E-state index contributed by atoms with van der Waals surface area (Å²) < 4.78 is 32.5. The first-order chi connectivity index (χ1) is 14.8. The van der Waals surface area contributed by atoms with Crippen LogP contribution in [0.5, 0.6) is 5.75 Å². The standard InChI is InChI=1S/C21H28N4O5S/c1-5-22-21(27)24-17-10-8-9-16(14-17)23-20(26)15-11-12-18(30-4)19(13-15)31(28,29)25(6-2)7-3/h8-14H,5-7H2,1-4H3,(H,23,26)(H2,22,24,27). The summed E-state index contributed by atoms with van der Waals surface area (Å²) in [6, 6.07) is 10.5. The smallest absolute Gasteiger partial charge is 0.319 e. The van der Waals surface area contributed by atoms with E-state index in [2.05, 4.69) is 16.0 Å². The second-order valence-corrected chi connectivity index (χ2v) is 8.38. The van der Waals surface area contributed by atoms with Crippen LogP contribution in [0.2, 0.25) is 0 Å². The summed E-state index contributed by atoms with van der Waals surface area (Å²) in [4.78, 5) is 24.4. The number of sulfonamides is 1. The zero-order chi connectivity index (χ0) is 23.0. The predicted molar refractivity (Wildman–Crippen MR) is 120 cm³/mol. The number of anilines is 2. The van der Waals surface area contributed by atoms with Crippen molar-refractivity contribution in [1.82, 2.24) is 9.62 Å². The van der Waals surface area contributed by atoms with Gasteiger partial charge < -0.3 is 20.7 Å². The number of carbonyl (C=O) groups is 2. The number of benzene rings is 2. The van der Waals surface area contributed by atoms with Crippen LogP contribution >= 0.6 is 0 Å². The van der Waals surface area contributed by atoms with Crippen LogP contribution in [-0.2, 0) is 10.0 Å². The van der Waals surface area contributed by atoms with Crippen molar-refractivity contribution >= 4 is 33.3 Å². The van der Waals surface area contributed by atoms with Crippen LogP contribution < -0.4 is 20.7 Å². The van der Waals surface area contributed by atoms with E-state index in [0.717, 1.165) is 0 Å². The first kappa shape index (κ1) is 24.2. The number of hydrogen-bond acceptors (Lipinski definition) is 5. The van der Waals surface area contributed by atoms with Gasteiger partial charge in [0.25, 0.3) is 5.91 Å². The normalized spacial score (nSPS) is 11.1. The number of urea groups is 1. The Morgan fingerprint density at radius 3 is 2.19 bits per heavy atom. The van der Waals surface area contributed by atoms with Gasteiger partial charge in [-0.1, -0.05) is 19.9 Å². The number of carbonyl (C=O) groups excluding carboxylic acids is 2. The fourth-order valence-electron chi connectivity index (χ4n) is 2.94. The molecular weight excluding hydrogens is 420 g/mol. The monoisotopic (exact) mass is 448 g/mol. The second kappa shape index (κ2) is 10.8. The van der Waals surface area contributed by atoms with E-state index in [1.165, 1.54) is 29.6 Å². The first-order valence-electron chi connectivity index (χ1n) is 9.91. The highest BCUT2D eigenvalue weighted by Gasteiger charge is 2.26. The molecule has 10 heteroatoms. The molecule has 2 aromatic carbocycles. The van der Waals surface area contributed by atoms with Crippen LogP contribution in [0.15, 0.2) is 47.4 Å². The third kappa shape index (κ3) is 5.96. The van der Waals surface area contributed by atoms with Gasteiger partial charge in [0.05, 0.1) is 7.11 Å². The first-order valence-corrected chi connectivity index (χ1v) is 11.3. The minimum Gasteiger partial charge on any atom is -0.495 e. The second-order valence-electron chi connectivity index (χ2n) is 6.47. The molecule has 0 fully saturated rings. The van der Waals surface area contributed by atoms with Crippen molar-refractivity contribution in [3.63, 3.8) is 0 Å². The lowest BCUT2D eigenvalue weighted by Crippen LogP contribution is -2.31. The SMILES string of the molecule is CCNC(=O)Nc1cccc(NC(=O)c2ccc(OC)c(S(=O)(=O)N(CC)CC)c2)c1. The average molecular weight is 449 g/mol. The molecule has 0 radical (unpaired) electrons. The summed E-state index contributed by atoms with van der Waals surface area (Å²) in [5.74, 6) is -0.328. The van der Waals surface area contributed by atoms with Gasteiger partial charge in [0.2, 0.25) is 10.0 Å². The zero-order valence-corrected chi connectivity index (χ0v) is 18.9. The molecule has 2 rings (SSSR count). The highest BCUT2D eigenvalue weighted by Crippen LogP contribution is 2.28. The molecule has 0 atom stereocenters. The predicted octanol–water partition coefficient (Wildman–Crippen LogP) is 3.12. The molecule has 0 aliphatic rings. The molecule has 3 N–H and O–H groups in total. The molecule has 2 aromatic rings. The van der Waals surface area contributed by atoms with Crippen molar-refractivity contribution < 1.29 is 22.7 Å². The molecule has 168 valence electrons. The van der Waals surface area contributed by atoms with Crippen LogP contribution in [0.1, 0.15) is 31.1 Å². The maximum absolute atomic E-state index is 13.0. The molecule has 0 spiro atoms. The van der Waals surface area contributed by atoms with E-state index in [-0.39, 0.29) is 22.2 Å². The largest absolute Gasteiger partial charge is 0.495 e. The molecule has 3 amide bonds. The van der Waals surface area contributed by atoms with Gasteiger partial charge in [-0.2, -0.15) is 4.31 Å². The van der Waals surface area contributed by atoms with E-state index in [1.807, 2.05) is 0 Å². The summed E-state index contributed by atoms with van der Waals surface area (Å²) in [5, 5.41) is 8.00. The Hall–Kier alpha value is -3.11. The molecule has 0 bridgehead atoms. The molecule has 0 aliphatic carbocycles. The van der Waals surface area contributed by atoms with Gasteiger partial charge in [0.1, 0.15) is 10.6 Å². The Bertz CT molecular complexity index is 1040. The lowest BCUT2D eigenvalue weighted by molar-refractivity contribution is 0.102. The van der Waals surface area contributed by atoms with Crippen LogP contribution in [0.25, 0.3) is 0 Å². The van der Waals surface area contributed by atoms with Crippen molar-refractivity contribution in [2.45, 2.75) is 25.7 Å². The van der Waals surface area contributed by atoms with Gasteiger partial charge in [-0.25, -0.2) is 13.2 Å². The Morgan fingerprint density at radius 1 is 0.968 bits per heavy atom. The minimum absolute atomic E-state index is 0.0713. The Balaban J connectivity index is 2.30. The quantitative estimate of drug-likeness (QED) is 0.545. The van der Waals surface area contributed by atoms with Crippen molar-refractivity contribution in [2.24, 2.45) is 0 Å². The number of rotatable bonds is 9. The summed E-state index contributed by atoms with van der Waals surface area (Å²) >= 11 is 0. The topological polar surface area (TPSA) is 117 Å². The molecule has 9 nitrogen and oxygen atoms in total. The third-order valence-corrected chi connectivity index (χ3v) is 6.54. The number of ether oxygens (including phenoxy) is 1. The molecule has 0 aromatic heterocycles. The number of nitrogens with zero attached hydrogens (tertiary/aromatic N) is 1. The molecule has 0 heterocycles. The highest BCUT2D eigenvalue weighted by atomic mass is 32.2. The zero-order valence-electron chi connectivity index (χ0n) is 18.1. The van der Waals surface area contributed by atoms with Gasteiger partial charge >= 0.3 is 6.03 Å². The van der Waals surface area contributed by atoms with E-state index in [0.29, 0.717) is 31.0 Å². The number of hydrogen-bond donors (Lipinski definition) is 3. The number of amides is 3. The summed E-state index contributed by atoms with van der Waals surface area (Å²) in [7, 11) is -2.45. The van der Waals surface area contributed by atoms with Crippen LogP contribution in [-0.4, -0.2) is 51.4 Å². The van der Waals surface area contributed by atoms with E-state index in [1.54, 1.807) is 45.0 Å². The van der Waals surface area contributed by atoms with Gasteiger partial charge in [0, 0.05) is 36.6 Å². The van der Waals surface area contributed by atoms with Crippen molar-refractivity contribution in [1.29, 1.82) is 0 Å². The fraction of sp³-hybridized carbons (Fsp3) is 0.333. The molecule has 31 heavy (non-hydrogen) atoms. The maximum Gasteiger partial charge on any atom is 0.319 e. The van der Waals surface area contributed by atoms with Crippen LogP contribution in [0.3, 0.4) is 0 Å². The molecular formula is C21H28N4O5S. The fourth-order valence-corrected chi connectivity index (χ4v) is 4.58. The molecule has 0 saturated carbocycles. The third-order valence-electron chi connectivity index (χ3n) is 4.46. The Morgan fingerprint density at radius 2 is 1.61 bits per heavy atom. The average Bonchev–Trinajstić information content (AvgIpc) is 2.74. The van der Waals surface area contributed by atoms with E-state index >= 15 is 0 Å². The van der Waals surface area contributed by atoms with Gasteiger partial charge in [-0.15, -0.1) is 0 Å². The van der Waals surface area contributed by atoms with Crippen molar-refractivity contribution in [3.05, 3.63) is 48.0 Å². The van der Waals surface area contributed by atoms with E-state index in [4.69, 9.17) is 4.74 Å². The van der Waals surface area contributed by atoms with Gasteiger partial charge in [-0.3, -0.25) is 4.79 Å². The Kier molecular flexibility index (Phi) is 8.40. The molecule has 0 aliphatic heterocycles. The van der Waals surface area contributed by atoms with Crippen LogP contribution in [0.4, 0.5) is 16.2 Å². The maximum atomic E-state index is 13.0. The molecule has 0 saturated heterocycles. The van der Waals surface area contributed by atoms with E-state index in [9.17, 15) is 18.0 Å². The van der Waals surface area contributed by atoms with E-state index < -0.39 is 15.9 Å². The lowest BCUT2D eigenvalue weighted by atomic mass is 10.2. The number of nitrogens with one attached hydrogen (secondary N) is 3. The lowest BCUT2D eigenvalue weighted by Gasteiger charge is -2.20. The highest BCUT2D eigenvalue weighted by molar-refractivity contribution is 7.89. The van der Waals surface area contributed by atoms with Crippen molar-refractivity contribution in [2.75, 3.05) is 37.4 Å².